The first-order chi connectivity index (χ1) is 13.1. The third-order valence-corrected chi connectivity index (χ3v) is 7.06. The minimum atomic E-state index is -0.661. The molecule has 142 valence electrons. The Kier molecular flexibility index (Phi) is 5.04. The number of thiophene rings is 1. The molecule has 2 aromatic rings. The molecule has 0 radical (unpaired) electrons. The highest BCUT2D eigenvalue weighted by Crippen LogP contribution is 2.37. The lowest BCUT2D eigenvalue weighted by Crippen LogP contribution is -2.54. The maximum absolute atomic E-state index is 12.7. The van der Waals surface area contributed by atoms with Crippen LogP contribution in [0.5, 0.6) is 0 Å². The Balaban J connectivity index is 1.56. The third-order valence-electron chi connectivity index (χ3n) is 6.14. The molecule has 2 heterocycles. The fraction of sp³-hybridized carbons (Fsp3) is 0.455. The standard InChI is InChI=1S/C22H26N2O2S/c23-21(26)22(10-4-11-24(15-22)20(25)17-6-2-7-17)14-16-5-1-8-18(13-16)19-9-3-12-27-19/h1,3,5,8-9,12-13,17H,2,4,6-7,10-11,14-15H2,(H2,23,26)/t22-/m0/s1. The molecule has 27 heavy (non-hydrogen) atoms. The lowest BCUT2D eigenvalue weighted by Gasteiger charge is -2.43. The quantitative estimate of drug-likeness (QED) is 0.854. The number of piperidine rings is 1. The van der Waals surface area contributed by atoms with Gasteiger partial charge in [0, 0.05) is 23.9 Å². The fourth-order valence-corrected chi connectivity index (χ4v) is 5.06. The molecule has 5 heteroatoms. The molecular formula is C22H26N2O2S. The minimum Gasteiger partial charge on any atom is -0.369 e. The molecule has 2 N–H and O–H groups in total. The van der Waals surface area contributed by atoms with Gasteiger partial charge in [-0.15, -0.1) is 11.3 Å². The zero-order valence-electron chi connectivity index (χ0n) is 15.5. The molecule has 4 nitrogen and oxygen atoms in total. The van der Waals surface area contributed by atoms with E-state index in [9.17, 15) is 9.59 Å². The Morgan fingerprint density at radius 1 is 1.19 bits per heavy atom. The van der Waals surface area contributed by atoms with Crippen LogP contribution >= 0.6 is 11.3 Å². The van der Waals surface area contributed by atoms with Gasteiger partial charge in [0.25, 0.3) is 0 Å². The zero-order valence-corrected chi connectivity index (χ0v) is 16.3. The molecule has 1 aromatic heterocycles. The molecular weight excluding hydrogens is 356 g/mol. The summed E-state index contributed by atoms with van der Waals surface area (Å²) in [6.07, 6.45) is 5.30. The van der Waals surface area contributed by atoms with E-state index in [1.54, 1.807) is 11.3 Å². The van der Waals surface area contributed by atoms with Crippen molar-refractivity contribution in [3.05, 3.63) is 47.3 Å². The van der Waals surface area contributed by atoms with Gasteiger partial charge in [0.2, 0.25) is 11.8 Å². The molecule has 2 amide bonds. The average molecular weight is 383 g/mol. The van der Waals surface area contributed by atoms with Gasteiger partial charge >= 0.3 is 0 Å². The van der Waals surface area contributed by atoms with Crippen molar-refractivity contribution in [2.45, 2.75) is 38.5 Å². The van der Waals surface area contributed by atoms with Crippen LogP contribution in [0.3, 0.4) is 0 Å². The van der Waals surface area contributed by atoms with Crippen molar-refractivity contribution in [3.63, 3.8) is 0 Å². The number of hydrogen-bond donors (Lipinski definition) is 1. The number of nitrogens with two attached hydrogens (primary N) is 1. The second-order valence-corrected chi connectivity index (χ2v) is 8.94. The molecule has 1 aromatic carbocycles. The van der Waals surface area contributed by atoms with Crippen LogP contribution in [0, 0.1) is 11.3 Å². The summed E-state index contributed by atoms with van der Waals surface area (Å²) in [6, 6.07) is 12.5. The second kappa shape index (κ2) is 7.47. The largest absolute Gasteiger partial charge is 0.369 e. The van der Waals surface area contributed by atoms with Gasteiger partial charge in [0.15, 0.2) is 0 Å². The first-order valence-corrected chi connectivity index (χ1v) is 10.7. The van der Waals surface area contributed by atoms with Crippen LogP contribution in [0.15, 0.2) is 41.8 Å². The molecule has 1 aliphatic carbocycles. The van der Waals surface area contributed by atoms with Crippen molar-refractivity contribution in [1.29, 1.82) is 0 Å². The summed E-state index contributed by atoms with van der Waals surface area (Å²) in [5.74, 6) is 0.102. The maximum atomic E-state index is 12.7. The Morgan fingerprint density at radius 3 is 2.70 bits per heavy atom. The van der Waals surface area contributed by atoms with E-state index in [-0.39, 0.29) is 17.7 Å². The summed E-state index contributed by atoms with van der Waals surface area (Å²) in [5, 5.41) is 2.07. The number of carbonyl (C=O) groups excluding carboxylic acids is 2. The summed E-state index contributed by atoms with van der Waals surface area (Å²) in [5.41, 5.74) is 7.51. The topological polar surface area (TPSA) is 63.4 Å². The molecule has 4 rings (SSSR count). The zero-order chi connectivity index (χ0) is 18.9. The number of hydrogen-bond acceptors (Lipinski definition) is 3. The van der Waals surface area contributed by atoms with E-state index in [2.05, 4.69) is 29.6 Å². The van der Waals surface area contributed by atoms with Crippen molar-refractivity contribution >= 4 is 23.2 Å². The van der Waals surface area contributed by atoms with E-state index < -0.39 is 5.41 Å². The van der Waals surface area contributed by atoms with Crippen LogP contribution in [0.25, 0.3) is 10.4 Å². The lowest BCUT2D eigenvalue weighted by molar-refractivity contribution is -0.145. The fourth-order valence-electron chi connectivity index (χ4n) is 4.33. The SMILES string of the molecule is NC(=O)[C@]1(Cc2cccc(-c3cccs3)c2)CCCN(C(=O)C2CCC2)C1. The van der Waals surface area contributed by atoms with Gasteiger partial charge in [-0.25, -0.2) is 0 Å². The van der Waals surface area contributed by atoms with E-state index in [1.165, 1.54) is 10.4 Å². The van der Waals surface area contributed by atoms with E-state index in [4.69, 9.17) is 5.73 Å². The molecule has 0 spiro atoms. The van der Waals surface area contributed by atoms with E-state index >= 15 is 0 Å². The van der Waals surface area contributed by atoms with Crippen LogP contribution in [-0.2, 0) is 16.0 Å². The third kappa shape index (κ3) is 3.65. The van der Waals surface area contributed by atoms with Gasteiger partial charge in [-0.05, 0) is 54.7 Å². The van der Waals surface area contributed by atoms with Gasteiger partial charge in [-0.2, -0.15) is 0 Å². The van der Waals surface area contributed by atoms with Gasteiger partial charge in [0.1, 0.15) is 0 Å². The number of primary amides is 1. The number of benzene rings is 1. The van der Waals surface area contributed by atoms with Gasteiger partial charge < -0.3 is 10.6 Å². The minimum absolute atomic E-state index is 0.163. The first kappa shape index (κ1) is 18.2. The monoisotopic (exact) mass is 382 g/mol. The first-order valence-electron chi connectivity index (χ1n) is 9.79. The molecule has 1 aliphatic heterocycles. The number of carbonyl (C=O) groups is 2. The predicted molar refractivity (Wildman–Crippen MR) is 108 cm³/mol. The number of likely N-dealkylation sites (tertiary alicyclic amines) is 1. The second-order valence-electron chi connectivity index (χ2n) is 7.99. The molecule has 0 unspecified atom stereocenters. The van der Waals surface area contributed by atoms with Crippen LogP contribution < -0.4 is 5.73 Å². The average Bonchev–Trinajstić information content (AvgIpc) is 3.15. The van der Waals surface area contributed by atoms with Crippen molar-refractivity contribution < 1.29 is 9.59 Å². The van der Waals surface area contributed by atoms with E-state index in [1.807, 2.05) is 17.0 Å². The normalized spacial score (nSPS) is 23.0. The molecule has 1 atom stereocenters. The van der Waals surface area contributed by atoms with Crippen LogP contribution in [-0.4, -0.2) is 29.8 Å². The van der Waals surface area contributed by atoms with Crippen molar-refractivity contribution in [1.82, 2.24) is 4.90 Å². The Labute approximate surface area is 164 Å². The summed E-state index contributed by atoms with van der Waals surface area (Å²) in [6.45, 7) is 1.21. The Hall–Kier alpha value is -2.14. The molecule has 0 bridgehead atoms. The summed E-state index contributed by atoms with van der Waals surface area (Å²) < 4.78 is 0. The van der Waals surface area contributed by atoms with Crippen molar-refractivity contribution in [2.24, 2.45) is 17.1 Å². The predicted octanol–water partition coefficient (Wildman–Crippen LogP) is 3.85. The van der Waals surface area contributed by atoms with Gasteiger partial charge in [0.05, 0.1) is 5.41 Å². The maximum Gasteiger partial charge on any atom is 0.225 e. The van der Waals surface area contributed by atoms with E-state index in [0.717, 1.165) is 44.2 Å². The summed E-state index contributed by atoms with van der Waals surface area (Å²) in [7, 11) is 0. The highest BCUT2D eigenvalue weighted by molar-refractivity contribution is 7.13. The summed E-state index contributed by atoms with van der Waals surface area (Å²) >= 11 is 1.71. The molecule has 2 fully saturated rings. The highest BCUT2D eigenvalue weighted by Gasteiger charge is 2.43. The molecule has 1 saturated heterocycles. The highest BCUT2D eigenvalue weighted by atomic mass is 32.1. The lowest BCUT2D eigenvalue weighted by atomic mass is 9.73. The Bertz CT molecular complexity index is 829. The molecule has 2 aliphatic rings. The number of nitrogens with zero attached hydrogens (tertiary/aromatic N) is 1. The summed E-state index contributed by atoms with van der Waals surface area (Å²) in [4.78, 5) is 28.4. The van der Waals surface area contributed by atoms with Crippen LogP contribution in [0.2, 0.25) is 0 Å². The van der Waals surface area contributed by atoms with Crippen molar-refractivity contribution in [2.75, 3.05) is 13.1 Å². The van der Waals surface area contributed by atoms with Crippen LogP contribution in [0.4, 0.5) is 0 Å². The Morgan fingerprint density at radius 2 is 2.04 bits per heavy atom. The molecule has 1 saturated carbocycles. The number of rotatable bonds is 5. The smallest absolute Gasteiger partial charge is 0.225 e. The van der Waals surface area contributed by atoms with Crippen LogP contribution in [0.1, 0.15) is 37.7 Å². The van der Waals surface area contributed by atoms with Gasteiger partial charge in [-0.1, -0.05) is 36.8 Å². The number of amides is 2. The van der Waals surface area contributed by atoms with Crippen molar-refractivity contribution in [3.8, 4) is 10.4 Å². The van der Waals surface area contributed by atoms with Gasteiger partial charge in [-0.3, -0.25) is 9.59 Å². The van der Waals surface area contributed by atoms with E-state index in [0.29, 0.717) is 13.0 Å².